The van der Waals surface area contributed by atoms with Crippen molar-refractivity contribution in [2.75, 3.05) is 7.11 Å². The van der Waals surface area contributed by atoms with Gasteiger partial charge in [-0.25, -0.2) is 9.59 Å². The quantitative estimate of drug-likeness (QED) is 0.759. The zero-order valence-corrected chi connectivity index (χ0v) is 14.5. The summed E-state index contributed by atoms with van der Waals surface area (Å²) in [4.78, 5) is 29.6. The third-order valence-corrected chi connectivity index (χ3v) is 4.66. The summed E-state index contributed by atoms with van der Waals surface area (Å²) in [5.74, 6) is -2.41. The van der Waals surface area contributed by atoms with Crippen molar-refractivity contribution in [3.8, 4) is 6.07 Å². The van der Waals surface area contributed by atoms with E-state index in [1.165, 1.54) is 7.11 Å². The Bertz CT molecular complexity index is 815. The van der Waals surface area contributed by atoms with Crippen LogP contribution >= 0.6 is 0 Å². The summed E-state index contributed by atoms with van der Waals surface area (Å²) in [7, 11) is 1.21. The topological polar surface area (TPSA) is 98.0 Å². The van der Waals surface area contributed by atoms with E-state index < -0.39 is 29.6 Å². The summed E-state index contributed by atoms with van der Waals surface area (Å²) < 4.78 is 9.71. The van der Waals surface area contributed by atoms with Crippen molar-refractivity contribution in [1.82, 2.24) is 0 Å². The average Bonchev–Trinajstić information content (AvgIpc) is 3.07. The van der Waals surface area contributed by atoms with Gasteiger partial charge < -0.3 is 14.3 Å². The lowest BCUT2D eigenvalue weighted by atomic mass is 9.79. The van der Waals surface area contributed by atoms with E-state index in [1.54, 1.807) is 0 Å². The fourth-order valence-electron chi connectivity index (χ4n) is 3.60. The maximum absolute atomic E-state index is 12.4. The molecule has 2 aliphatic rings. The number of hydrogen-bond donors (Lipinski definition) is 0. The lowest BCUT2D eigenvalue weighted by molar-refractivity contribution is -0.165. The standard InChI is InChI=1S/C18H18N2O5/c1-9-5-10(2)14(11(3)6-9)15-12(8-19)18(25-20-15)7-13(16(21)23-4)24-17(18)22/h5-6,12-13H,7H2,1-4H3/t12-,13-,18+/m0/s1. The van der Waals surface area contributed by atoms with Crippen molar-refractivity contribution in [3.05, 3.63) is 34.4 Å². The zero-order chi connectivity index (χ0) is 18.4. The predicted octanol–water partition coefficient (Wildman–Crippen LogP) is 1.71. The largest absolute Gasteiger partial charge is 0.466 e. The molecule has 1 saturated heterocycles. The smallest absolute Gasteiger partial charge is 0.356 e. The van der Waals surface area contributed by atoms with Gasteiger partial charge in [0.1, 0.15) is 11.6 Å². The van der Waals surface area contributed by atoms with Crippen molar-refractivity contribution < 1.29 is 23.9 Å². The molecule has 0 unspecified atom stereocenters. The van der Waals surface area contributed by atoms with E-state index in [1.807, 2.05) is 32.9 Å². The second kappa shape index (κ2) is 5.88. The molecule has 2 aliphatic heterocycles. The molecule has 0 N–H and O–H groups in total. The zero-order valence-electron chi connectivity index (χ0n) is 14.5. The van der Waals surface area contributed by atoms with Crippen LogP contribution < -0.4 is 0 Å². The highest BCUT2D eigenvalue weighted by molar-refractivity contribution is 6.10. The molecule has 0 aliphatic carbocycles. The molecule has 0 bridgehead atoms. The Morgan fingerprint density at radius 1 is 1.36 bits per heavy atom. The van der Waals surface area contributed by atoms with Gasteiger partial charge in [0.25, 0.3) is 5.60 Å². The summed E-state index contributed by atoms with van der Waals surface area (Å²) in [5, 5.41) is 13.8. The number of aryl methyl sites for hydroxylation is 3. The number of hydrogen-bond acceptors (Lipinski definition) is 7. The number of oxime groups is 1. The number of nitriles is 1. The number of carbonyl (C=O) groups is 2. The molecule has 0 saturated carbocycles. The van der Waals surface area contributed by atoms with Gasteiger partial charge in [0.05, 0.1) is 19.6 Å². The Morgan fingerprint density at radius 3 is 2.56 bits per heavy atom. The first-order valence-corrected chi connectivity index (χ1v) is 7.87. The summed E-state index contributed by atoms with van der Waals surface area (Å²) in [5.41, 5.74) is 2.53. The molecule has 7 nitrogen and oxygen atoms in total. The molecule has 3 rings (SSSR count). The number of esters is 2. The van der Waals surface area contributed by atoms with Crippen LogP contribution in [0.2, 0.25) is 0 Å². The number of benzene rings is 1. The van der Waals surface area contributed by atoms with Crippen molar-refractivity contribution in [1.29, 1.82) is 5.26 Å². The lowest BCUT2D eigenvalue weighted by Crippen LogP contribution is -2.43. The second-order valence-corrected chi connectivity index (χ2v) is 6.41. The van der Waals surface area contributed by atoms with Crippen LogP contribution in [-0.2, 0) is 23.9 Å². The molecule has 0 radical (unpaired) electrons. The molecule has 2 heterocycles. The molecular weight excluding hydrogens is 324 g/mol. The van der Waals surface area contributed by atoms with E-state index in [0.717, 1.165) is 22.3 Å². The van der Waals surface area contributed by atoms with Crippen LogP contribution in [0, 0.1) is 38.0 Å². The van der Waals surface area contributed by atoms with Crippen LogP contribution in [0.4, 0.5) is 0 Å². The van der Waals surface area contributed by atoms with Gasteiger partial charge in [0.15, 0.2) is 0 Å². The molecule has 130 valence electrons. The Morgan fingerprint density at radius 2 is 2.00 bits per heavy atom. The molecule has 0 amide bonds. The van der Waals surface area contributed by atoms with Gasteiger partial charge in [-0.1, -0.05) is 22.9 Å². The van der Waals surface area contributed by atoms with Gasteiger partial charge in [-0.2, -0.15) is 5.26 Å². The Balaban J connectivity index is 2.01. The monoisotopic (exact) mass is 342 g/mol. The van der Waals surface area contributed by atoms with Gasteiger partial charge in [-0.15, -0.1) is 0 Å². The van der Waals surface area contributed by atoms with Crippen LogP contribution in [0.5, 0.6) is 0 Å². The molecule has 1 fully saturated rings. The normalized spacial score (nSPS) is 27.5. The van der Waals surface area contributed by atoms with Crippen molar-refractivity contribution in [2.45, 2.75) is 38.9 Å². The van der Waals surface area contributed by atoms with E-state index in [-0.39, 0.29) is 6.42 Å². The van der Waals surface area contributed by atoms with Crippen LogP contribution in [0.3, 0.4) is 0 Å². The maximum Gasteiger partial charge on any atom is 0.356 e. The van der Waals surface area contributed by atoms with E-state index in [2.05, 4.69) is 16.0 Å². The SMILES string of the molecule is COC(=O)[C@@H]1C[C@]2(ON=C(c3c(C)cc(C)cc3C)[C@@H]2C#N)C(=O)O1. The molecule has 1 aromatic carbocycles. The number of carbonyl (C=O) groups excluding carboxylic acids is 2. The average molecular weight is 342 g/mol. The fourth-order valence-corrected chi connectivity index (χ4v) is 3.60. The number of ether oxygens (including phenoxy) is 2. The number of methoxy groups -OCH3 is 1. The number of cyclic esters (lactones) is 1. The minimum absolute atomic E-state index is 0.103. The number of rotatable bonds is 2. The van der Waals surface area contributed by atoms with E-state index in [9.17, 15) is 14.9 Å². The first kappa shape index (κ1) is 17.0. The van der Waals surface area contributed by atoms with E-state index in [4.69, 9.17) is 9.57 Å². The third-order valence-electron chi connectivity index (χ3n) is 4.66. The molecule has 1 aromatic rings. The van der Waals surface area contributed by atoms with Crippen molar-refractivity contribution >= 4 is 17.7 Å². The van der Waals surface area contributed by atoms with Gasteiger partial charge in [0.2, 0.25) is 6.10 Å². The minimum atomic E-state index is -1.60. The minimum Gasteiger partial charge on any atom is -0.466 e. The van der Waals surface area contributed by atoms with Crippen molar-refractivity contribution in [3.63, 3.8) is 0 Å². The molecule has 7 heteroatoms. The molecule has 1 spiro atoms. The van der Waals surface area contributed by atoms with Gasteiger partial charge in [-0.05, 0) is 31.9 Å². The van der Waals surface area contributed by atoms with Crippen LogP contribution in [0.1, 0.15) is 28.7 Å². The summed E-state index contributed by atoms with van der Waals surface area (Å²) in [6.45, 7) is 5.82. The Labute approximate surface area is 145 Å². The third kappa shape index (κ3) is 2.45. The lowest BCUT2D eigenvalue weighted by Gasteiger charge is -2.20. The molecular formula is C18H18N2O5. The highest BCUT2D eigenvalue weighted by Gasteiger charge is 2.64. The Kier molecular flexibility index (Phi) is 3.99. The second-order valence-electron chi connectivity index (χ2n) is 6.41. The van der Waals surface area contributed by atoms with E-state index in [0.29, 0.717) is 5.71 Å². The number of nitrogens with zero attached hydrogens (tertiary/aromatic N) is 2. The van der Waals surface area contributed by atoms with Gasteiger partial charge in [0, 0.05) is 5.56 Å². The molecule has 3 atom stereocenters. The molecule has 25 heavy (non-hydrogen) atoms. The Hall–Kier alpha value is -2.88. The first-order chi connectivity index (χ1) is 11.8. The van der Waals surface area contributed by atoms with Gasteiger partial charge >= 0.3 is 11.9 Å². The highest BCUT2D eigenvalue weighted by Crippen LogP contribution is 2.43. The predicted molar refractivity (Wildman–Crippen MR) is 86.6 cm³/mol. The summed E-state index contributed by atoms with van der Waals surface area (Å²) >= 11 is 0. The summed E-state index contributed by atoms with van der Waals surface area (Å²) in [6, 6.07) is 6.07. The van der Waals surface area contributed by atoms with Crippen molar-refractivity contribution in [2.24, 2.45) is 11.1 Å². The van der Waals surface area contributed by atoms with Crippen LogP contribution in [0.25, 0.3) is 0 Å². The van der Waals surface area contributed by atoms with Crippen LogP contribution in [0.15, 0.2) is 17.3 Å². The summed E-state index contributed by atoms with van der Waals surface area (Å²) in [6.07, 6.45) is -1.20. The maximum atomic E-state index is 12.4. The molecule has 0 aromatic heterocycles. The first-order valence-electron chi connectivity index (χ1n) is 7.87. The fraction of sp³-hybridized carbons (Fsp3) is 0.444. The van der Waals surface area contributed by atoms with E-state index >= 15 is 0 Å². The van der Waals surface area contributed by atoms with Crippen LogP contribution in [-0.4, -0.2) is 36.5 Å². The van der Waals surface area contributed by atoms with Gasteiger partial charge in [-0.3, -0.25) is 0 Å². The highest BCUT2D eigenvalue weighted by atomic mass is 16.7.